The van der Waals surface area contributed by atoms with Gasteiger partial charge in [0.05, 0.1) is 29.4 Å². The van der Waals surface area contributed by atoms with Gasteiger partial charge < -0.3 is 10.5 Å². The molecule has 1 saturated heterocycles. The third-order valence-electron chi connectivity index (χ3n) is 3.04. The van der Waals surface area contributed by atoms with Crippen molar-refractivity contribution >= 4 is 34.0 Å². The first kappa shape index (κ1) is 18.2. The summed E-state index contributed by atoms with van der Waals surface area (Å²) in [4.78, 5) is -0.00385. The Bertz CT molecular complexity index is 646. The van der Waals surface area contributed by atoms with Gasteiger partial charge in [-0.05, 0) is 18.2 Å². The lowest BCUT2D eigenvalue weighted by Gasteiger charge is -2.31. The molecule has 2 rings (SSSR count). The highest BCUT2D eigenvalue weighted by Crippen LogP contribution is 2.26. The summed E-state index contributed by atoms with van der Waals surface area (Å²) in [5.41, 5.74) is 5.82. The van der Waals surface area contributed by atoms with Gasteiger partial charge in [-0.25, -0.2) is 8.42 Å². The van der Waals surface area contributed by atoms with Crippen LogP contribution in [-0.4, -0.2) is 45.1 Å². The average molecular weight is 352 g/mol. The molecule has 0 radical (unpaired) electrons. The van der Waals surface area contributed by atoms with E-state index in [4.69, 9.17) is 27.3 Å². The van der Waals surface area contributed by atoms with Gasteiger partial charge in [-0.2, -0.15) is 9.57 Å². The molecule has 0 aliphatic carbocycles. The number of nitrogens with two attached hydrogens (primary N) is 1. The molecule has 6 nitrogen and oxygen atoms in total. The zero-order valence-electron chi connectivity index (χ0n) is 11.0. The van der Waals surface area contributed by atoms with Crippen molar-refractivity contribution in [1.29, 1.82) is 5.26 Å². The summed E-state index contributed by atoms with van der Waals surface area (Å²) >= 11 is 5.97. The standard InChI is InChI=1S/C12H14ClN3O3S.ClH/c13-11-5-9(6-14)1-2-12(11)20(17,18)16-3-4-19-10(7-15)8-16;/h1-2,5,10H,3-4,7-8,15H2;1H. The van der Waals surface area contributed by atoms with Crippen LogP contribution in [0, 0.1) is 11.3 Å². The maximum atomic E-state index is 12.5. The Morgan fingerprint density at radius 2 is 2.24 bits per heavy atom. The number of halogens is 2. The van der Waals surface area contributed by atoms with Gasteiger partial charge in [0.1, 0.15) is 4.90 Å². The van der Waals surface area contributed by atoms with E-state index in [0.717, 1.165) is 0 Å². The molecule has 21 heavy (non-hydrogen) atoms. The van der Waals surface area contributed by atoms with Gasteiger partial charge >= 0.3 is 0 Å². The second-order valence-corrected chi connectivity index (χ2v) is 6.66. The minimum Gasteiger partial charge on any atom is -0.374 e. The SMILES string of the molecule is Cl.N#Cc1ccc(S(=O)(=O)N2CCOC(CN)C2)c(Cl)c1. The molecule has 0 amide bonds. The van der Waals surface area contributed by atoms with Crippen molar-refractivity contribution in [3.8, 4) is 6.07 Å². The zero-order valence-corrected chi connectivity index (χ0v) is 13.4. The molecule has 116 valence electrons. The minimum atomic E-state index is -3.70. The van der Waals surface area contributed by atoms with Crippen molar-refractivity contribution in [1.82, 2.24) is 4.31 Å². The van der Waals surface area contributed by atoms with Crippen molar-refractivity contribution in [2.45, 2.75) is 11.0 Å². The van der Waals surface area contributed by atoms with Crippen LogP contribution >= 0.6 is 24.0 Å². The summed E-state index contributed by atoms with van der Waals surface area (Å²) in [6, 6.07) is 6.04. The van der Waals surface area contributed by atoms with E-state index in [0.29, 0.717) is 12.2 Å². The number of hydrogen-bond acceptors (Lipinski definition) is 5. The lowest BCUT2D eigenvalue weighted by Crippen LogP contribution is -2.48. The van der Waals surface area contributed by atoms with Crippen LogP contribution in [-0.2, 0) is 14.8 Å². The number of benzene rings is 1. The largest absolute Gasteiger partial charge is 0.374 e. The summed E-state index contributed by atoms with van der Waals surface area (Å²) in [6.07, 6.45) is -0.310. The van der Waals surface area contributed by atoms with Crippen molar-refractivity contribution in [3.63, 3.8) is 0 Å². The first-order valence-corrected chi connectivity index (χ1v) is 7.82. The molecule has 1 aliphatic rings. The van der Waals surface area contributed by atoms with Crippen LogP contribution < -0.4 is 5.73 Å². The van der Waals surface area contributed by atoms with Crippen LogP contribution in [0.25, 0.3) is 0 Å². The van der Waals surface area contributed by atoms with Crippen molar-refractivity contribution < 1.29 is 13.2 Å². The topological polar surface area (TPSA) is 96.4 Å². The predicted molar refractivity (Wildman–Crippen MR) is 81.0 cm³/mol. The van der Waals surface area contributed by atoms with E-state index in [1.165, 1.54) is 22.5 Å². The first-order chi connectivity index (χ1) is 9.48. The van der Waals surface area contributed by atoms with Crippen LogP contribution in [0.3, 0.4) is 0 Å². The monoisotopic (exact) mass is 351 g/mol. The quantitative estimate of drug-likeness (QED) is 0.875. The van der Waals surface area contributed by atoms with E-state index in [2.05, 4.69) is 0 Å². The van der Waals surface area contributed by atoms with Gasteiger partial charge in [-0.3, -0.25) is 0 Å². The summed E-state index contributed by atoms with van der Waals surface area (Å²) in [7, 11) is -3.70. The van der Waals surface area contributed by atoms with Crippen LogP contribution in [0.15, 0.2) is 23.1 Å². The average Bonchev–Trinajstić information content (AvgIpc) is 2.46. The van der Waals surface area contributed by atoms with Gasteiger partial charge in [-0.1, -0.05) is 11.6 Å². The second-order valence-electron chi connectivity index (χ2n) is 4.35. The lowest BCUT2D eigenvalue weighted by atomic mass is 10.2. The lowest BCUT2D eigenvalue weighted by molar-refractivity contribution is 0.00451. The van der Waals surface area contributed by atoms with E-state index in [1.807, 2.05) is 6.07 Å². The Morgan fingerprint density at radius 3 is 2.81 bits per heavy atom. The first-order valence-electron chi connectivity index (χ1n) is 6.00. The highest BCUT2D eigenvalue weighted by Gasteiger charge is 2.31. The second kappa shape index (κ2) is 7.40. The maximum absolute atomic E-state index is 12.5. The number of sulfonamides is 1. The molecule has 1 aromatic rings. The van der Waals surface area contributed by atoms with Crippen molar-refractivity contribution in [2.75, 3.05) is 26.2 Å². The van der Waals surface area contributed by atoms with Crippen LogP contribution in [0.2, 0.25) is 5.02 Å². The molecular formula is C12H15Cl2N3O3S. The molecule has 9 heteroatoms. The summed E-state index contributed by atoms with van der Waals surface area (Å²) in [5.74, 6) is 0. The molecule has 1 aromatic carbocycles. The number of morpholine rings is 1. The molecule has 0 spiro atoms. The molecule has 1 unspecified atom stereocenters. The van der Waals surface area contributed by atoms with Crippen LogP contribution in [0.1, 0.15) is 5.56 Å². The fourth-order valence-electron chi connectivity index (χ4n) is 1.97. The maximum Gasteiger partial charge on any atom is 0.244 e. The Balaban J connectivity index is 0.00000220. The Labute approximate surface area is 134 Å². The smallest absolute Gasteiger partial charge is 0.244 e. The number of hydrogen-bond donors (Lipinski definition) is 1. The molecular weight excluding hydrogens is 337 g/mol. The van der Waals surface area contributed by atoms with E-state index in [1.54, 1.807) is 0 Å². The molecule has 1 fully saturated rings. The predicted octanol–water partition coefficient (Wildman–Crippen LogP) is 0.982. The molecule has 2 N–H and O–H groups in total. The van der Waals surface area contributed by atoms with Gasteiger partial charge in [-0.15, -0.1) is 12.4 Å². The fourth-order valence-corrected chi connectivity index (χ4v) is 3.95. The number of ether oxygens (including phenoxy) is 1. The van der Waals surface area contributed by atoms with E-state index in [9.17, 15) is 8.42 Å². The van der Waals surface area contributed by atoms with Crippen LogP contribution in [0.5, 0.6) is 0 Å². The van der Waals surface area contributed by atoms with E-state index in [-0.39, 0.29) is 48.1 Å². The minimum absolute atomic E-state index is 0. The molecule has 0 saturated carbocycles. The molecule has 0 bridgehead atoms. The summed E-state index contributed by atoms with van der Waals surface area (Å²) in [5, 5.41) is 8.81. The van der Waals surface area contributed by atoms with E-state index < -0.39 is 10.0 Å². The molecule has 1 heterocycles. The highest BCUT2D eigenvalue weighted by molar-refractivity contribution is 7.89. The van der Waals surface area contributed by atoms with Gasteiger partial charge in [0.2, 0.25) is 10.0 Å². The third-order valence-corrected chi connectivity index (χ3v) is 5.39. The van der Waals surface area contributed by atoms with Gasteiger partial charge in [0.15, 0.2) is 0 Å². The highest BCUT2D eigenvalue weighted by atomic mass is 35.5. The number of nitrogens with zero attached hydrogens (tertiary/aromatic N) is 2. The van der Waals surface area contributed by atoms with E-state index >= 15 is 0 Å². The fraction of sp³-hybridized carbons (Fsp3) is 0.417. The van der Waals surface area contributed by atoms with Gasteiger partial charge in [0, 0.05) is 19.6 Å². The Kier molecular flexibility index (Phi) is 6.41. The van der Waals surface area contributed by atoms with Gasteiger partial charge in [0.25, 0.3) is 0 Å². The zero-order chi connectivity index (χ0) is 14.8. The molecule has 1 atom stereocenters. The normalized spacial score (nSPS) is 19.6. The summed E-state index contributed by atoms with van der Waals surface area (Å²) in [6.45, 7) is 1.02. The number of nitriles is 1. The number of rotatable bonds is 3. The van der Waals surface area contributed by atoms with Crippen molar-refractivity contribution in [3.05, 3.63) is 28.8 Å². The third kappa shape index (κ3) is 3.86. The van der Waals surface area contributed by atoms with Crippen LogP contribution in [0.4, 0.5) is 0 Å². The Morgan fingerprint density at radius 1 is 1.52 bits per heavy atom. The Hall–Kier alpha value is -0.880. The molecule has 0 aromatic heterocycles. The summed E-state index contributed by atoms with van der Waals surface area (Å²) < 4.78 is 31.7. The van der Waals surface area contributed by atoms with Crippen molar-refractivity contribution in [2.24, 2.45) is 5.73 Å². The molecule has 1 aliphatic heterocycles.